The third-order valence-electron chi connectivity index (χ3n) is 4.30. The molecule has 0 aliphatic carbocycles. The Labute approximate surface area is 153 Å². The minimum absolute atomic E-state index is 0.230. The van der Waals surface area contributed by atoms with Crippen molar-refractivity contribution in [2.75, 3.05) is 11.4 Å². The fourth-order valence-corrected chi connectivity index (χ4v) is 3.04. The number of nitrogens with one attached hydrogen (secondary N) is 1. The number of nitrogens with zero attached hydrogens (tertiary/aromatic N) is 3. The minimum Gasteiger partial charge on any atom is -0.346 e. The molecule has 0 saturated heterocycles. The number of halogens is 3. The molecule has 1 aromatic carbocycles. The average Bonchev–Trinajstić information content (AvgIpc) is 3.04. The Balaban J connectivity index is 1.96. The van der Waals surface area contributed by atoms with Crippen molar-refractivity contribution in [3.63, 3.8) is 0 Å². The van der Waals surface area contributed by atoms with Crippen molar-refractivity contribution < 1.29 is 22.8 Å². The number of alkyl halides is 3. The Bertz CT molecular complexity index is 887. The van der Waals surface area contributed by atoms with Crippen molar-refractivity contribution in [1.82, 2.24) is 15.1 Å². The van der Waals surface area contributed by atoms with E-state index >= 15 is 0 Å². The fraction of sp³-hybridized carbons (Fsp3) is 0.278. The van der Waals surface area contributed by atoms with Crippen LogP contribution in [0, 0.1) is 0 Å². The number of benzene rings is 1. The number of fused-ring (bicyclic) bond motifs is 1. The molecule has 2 aromatic rings. The Hall–Kier alpha value is -3.10. The molecule has 0 saturated carbocycles. The maximum absolute atomic E-state index is 12.8. The van der Waals surface area contributed by atoms with E-state index in [2.05, 4.69) is 17.0 Å². The monoisotopic (exact) mass is 378 g/mol. The van der Waals surface area contributed by atoms with Gasteiger partial charge in [0.05, 0.1) is 24.3 Å². The predicted octanol–water partition coefficient (Wildman–Crippen LogP) is 2.61. The van der Waals surface area contributed by atoms with Crippen LogP contribution in [0.2, 0.25) is 0 Å². The van der Waals surface area contributed by atoms with Gasteiger partial charge in [-0.25, -0.2) is 4.68 Å². The molecular formula is C18H17F3N4O2. The van der Waals surface area contributed by atoms with Crippen molar-refractivity contribution in [2.24, 2.45) is 0 Å². The Morgan fingerprint density at radius 3 is 2.48 bits per heavy atom. The van der Waals surface area contributed by atoms with Crippen LogP contribution in [-0.4, -0.2) is 34.2 Å². The predicted molar refractivity (Wildman–Crippen MR) is 92.8 cm³/mol. The van der Waals surface area contributed by atoms with Crippen LogP contribution in [0.5, 0.6) is 0 Å². The molecule has 3 rings (SSSR count). The smallest absolute Gasteiger partial charge is 0.346 e. The topological polar surface area (TPSA) is 67.2 Å². The largest absolute Gasteiger partial charge is 0.416 e. The lowest BCUT2D eigenvalue weighted by molar-refractivity contribution is -0.137. The Morgan fingerprint density at radius 1 is 1.26 bits per heavy atom. The molecule has 2 amide bonds. The second-order valence-corrected chi connectivity index (χ2v) is 6.18. The molecule has 1 N–H and O–H groups in total. The van der Waals surface area contributed by atoms with Gasteiger partial charge in [0, 0.05) is 19.0 Å². The highest BCUT2D eigenvalue weighted by Gasteiger charge is 2.32. The Kier molecular flexibility index (Phi) is 4.77. The van der Waals surface area contributed by atoms with Gasteiger partial charge in [0.15, 0.2) is 0 Å². The summed E-state index contributed by atoms with van der Waals surface area (Å²) in [4.78, 5) is 25.1. The average molecular weight is 378 g/mol. The zero-order valence-corrected chi connectivity index (χ0v) is 14.5. The van der Waals surface area contributed by atoms with E-state index in [1.54, 1.807) is 4.68 Å². The molecule has 0 spiro atoms. The van der Waals surface area contributed by atoms with Gasteiger partial charge in [-0.2, -0.15) is 18.3 Å². The van der Waals surface area contributed by atoms with E-state index < -0.39 is 11.7 Å². The number of hydrogen-bond donors (Lipinski definition) is 1. The van der Waals surface area contributed by atoms with Gasteiger partial charge in [0.25, 0.3) is 0 Å². The second kappa shape index (κ2) is 6.90. The van der Waals surface area contributed by atoms with Gasteiger partial charge >= 0.3 is 6.18 Å². The summed E-state index contributed by atoms with van der Waals surface area (Å²) in [6, 6.07) is 4.34. The molecule has 1 aromatic heterocycles. The van der Waals surface area contributed by atoms with E-state index in [1.165, 1.54) is 30.2 Å². The molecule has 0 bridgehead atoms. The van der Waals surface area contributed by atoms with Crippen LogP contribution in [-0.2, 0) is 22.3 Å². The summed E-state index contributed by atoms with van der Waals surface area (Å²) in [6.45, 7) is 5.34. The highest BCUT2D eigenvalue weighted by molar-refractivity contribution is 5.96. The number of aromatic nitrogens is 2. The van der Waals surface area contributed by atoms with Crippen molar-refractivity contribution in [2.45, 2.75) is 25.7 Å². The number of hydrogen-bond acceptors (Lipinski definition) is 3. The maximum atomic E-state index is 12.8. The van der Waals surface area contributed by atoms with Gasteiger partial charge in [-0.1, -0.05) is 18.7 Å². The number of carbonyl (C=O) groups is 2. The number of carbonyl (C=O) groups excluding carboxylic acids is 2. The molecule has 142 valence electrons. The van der Waals surface area contributed by atoms with Crippen molar-refractivity contribution in [1.29, 1.82) is 0 Å². The first-order chi connectivity index (χ1) is 12.7. The number of rotatable bonds is 3. The summed E-state index contributed by atoms with van der Waals surface area (Å²) in [5.41, 5.74) is 0.319. The summed E-state index contributed by atoms with van der Waals surface area (Å²) < 4.78 is 39.9. The van der Waals surface area contributed by atoms with E-state index in [4.69, 9.17) is 0 Å². The molecule has 2 heterocycles. The molecule has 1 aliphatic rings. The van der Waals surface area contributed by atoms with Crippen molar-refractivity contribution >= 4 is 17.6 Å². The van der Waals surface area contributed by atoms with Gasteiger partial charge in [-0.05, 0) is 23.8 Å². The van der Waals surface area contributed by atoms with Crippen molar-refractivity contribution in [3.05, 3.63) is 48.7 Å². The van der Waals surface area contributed by atoms with E-state index in [0.717, 1.165) is 18.2 Å². The fourth-order valence-electron chi connectivity index (χ4n) is 3.04. The molecule has 0 radical (unpaired) electrons. The zero-order chi connectivity index (χ0) is 19.8. The molecular weight excluding hydrogens is 361 g/mol. The molecule has 1 aliphatic heterocycles. The quantitative estimate of drug-likeness (QED) is 0.835. The van der Waals surface area contributed by atoms with Crippen LogP contribution in [0.1, 0.15) is 12.5 Å². The first-order valence-corrected chi connectivity index (χ1v) is 8.15. The molecule has 0 fully saturated rings. The summed E-state index contributed by atoms with van der Waals surface area (Å²) in [7, 11) is 0. The summed E-state index contributed by atoms with van der Waals surface area (Å²) in [5.74, 6) is -0.129. The maximum Gasteiger partial charge on any atom is 0.416 e. The van der Waals surface area contributed by atoms with Gasteiger partial charge in [-0.3, -0.25) is 14.5 Å². The van der Waals surface area contributed by atoms with Crippen LogP contribution in [0.3, 0.4) is 0 Å². The van der Waals surface area contributed by atoms with Crippen LogP contribution < -0.4 is 10.2 Å². The number of anilines is 1. The molecule has 27 heavy (non-hydrogen) atoms. The third-order valence-corrected chi connectivity index (χ3v) is 4.30. The lowest BCUT2D eigenvalue weighted by atomic mass is 10.0. The first kappa shape index (κ1) is 18.7. The van der Waals surface area contributed by atoms with Crippen molar-refractivity contribution in [3.8, 4) is 11.1 Å². The first-order valence-electron chi connectivity index (χ1n) is 8.15. The van der Waals surface area contributed by atoms with E-state index in [9.17, 15) is 22.8 Å². The van der Waals surface area contributed by atoms with Crippen LogP contribution >= 0.6 is 0 Å². The molecule has 1 atom stereocenters. The standard InChI is InChI=1S/C18H17F3N4O2/c1-3-16(27)23-14-9-24(11(2)26)17-15(8-22-25(17)10-14)12-4-6-13(7-5-12)18(19,20)21/h3-8,14H,1,9-10H2,2H3,(H,23,27). The zero-order valence-electron chi connectivity index (χ0n) is 14.5. The summed E-state index contributed by atoms with van der Waals surface area (Å²) in [6.07, 6.45) is -1.77. The van der Waals surface area contributed by atoms with Gasteiger partial charge in [0.1, 0.15) is 5.82 Å². The normalized spacial score (nSPS) is 16.6. The van der Waals surface area contributed by atoms with E-state index in [0.29, 0.717) is 23.5 Å². The van der Waals surface area contributed by atoms with Crippen LogP contribution in [0.15, 0.2) is 43.1 Å². The van der Waals surface area contributed by atoms with Crippen LogP contribution in [0.25, 0.3) is 11.1 Å². The molecule has 1 unspecified atom stereocenters. The van der Waals surface area contributed by atoms with E-state index in [-0.39, 0.29) is 24.4 Å². The molecule has 9 heteroatoms. The van der Waals surface area contributed by atoms with Gasteiger partial charge in [0.2, 0.25) is 11.8 Å². The van der Waals surface area contributed by atoms with Gasteiger partial charge < -0.3 is 5.32 Å². The Morgan fingerprint density at radius 2 is 1.93 bits per heavy atom. The lowest BCUT2D eigenvalue weighted by Crippen LogP contribution is -2.51. The summed E-state index contributed by atoms with van der Waals surface area (Å²) >= 11 is 0. The highest BCUT2D eigenvalue weighted by atomic mass is 19.4. The van der Waals surface area contributed by atoms with Gasteiger partial charge in [-0.15, -0.1) is 0 Å². The highest BCUT2D eigenvalue weighted by Crippen LogP contribution is 2.36. The molecule has 6 nitrogen and oxygen atoms in total. The number of amides is 2. The second-order valence-electron chi connectivity index (χ2n) is 6.18. The summed E-state index contributed by atoms with van der Waals surface area (Å²) in [5, 5.41) is 6.97. The van der Waals surface area contributed by atoms with Crippen LogP contribution in [0.4, 0.5) is 19.0 Å². The SMILES string of the molecule is C=CC(=O)NC1CN(C(C)=O)c2c(-c3ccc(C(F)(F)F)cc3)cnn2C1. The minimum atomic E-state index is -4.42. The lowest BCUT2D eigenvalue weighted by Gasteiger charge is -2.33. The third kappa shape index (κ3) is 3.71. The van der Waals surface area contributed by atoms with E-state index in [1.807, 2.05) is 0 Å².